The average Bonchev–Trinajstić information content (AvgIpc) is 2.71. The van der Waals surface area contributed by atoms with Crippen molar-refractivity contribution in [3.05, 3.63) is 23.8 Å². The number of amides is 1. The molecule has 2 rings (SSSR count). The van der Waals surface area contributed by atoms with Gasteiger partial charge in [-0.3, -0.25) is 9.69 Å². The van der Waals surface area contributed by atoms with Gasteiger partial charge in [0.2, 0.25) is 0 Å². The normalized spacial score (nSPS) is 14.9. The van der Waals surface area contributed by atoms with Crippen LogP contribution in [0.15, 0.2) is 18.2 Å². The zero-order valence-corrected chi connectivity index (χ0v) is 12.6. The van der Waals surface area contributed by atoms with Gasteiger partial charge in [-0.2, -0.15) is 0 Å². The standard InChI is InChI=1S/C15H19NO5/c1-10(17)19-9-16(4)14(18)20-12-7-5-6-11-8-15(2,3)21-13(11)12/h5-7H,8-9H2,1-4H3. The van der Waals surface area contributed by atoms with Crippen molar-refractivity contribution < 1.29 is 23.8 Å². The fourth-order valence-corrected chi connectivity index (χ4v) is 2.08. The molecule has 0 radical (unpaired) electrons. The van der Waals surface area contributed by atoms with Crippen LogP contribution in [0.1, 0.15) is 26.3 Å². The van der Waals surface area contributed by atoms with Gasteiger partial charge in [-0.05, 0) is 19.9 Å². The number of carbonyl (C=O) groups excluding carboxylic acids is 2. The van der Waals surface area contributed by atoms with E-state index in [1.54, 1.807) is 6.07 Å². The van der Waals surface area contributed by atoms with Gasteiger partial charge in [0.25, 0.3) is 0 Å². The first-order valence-corrected chi connectivity index (χ1v) is 6.66. The minimum absolute atomic E-state index is 0.157. The monoisotopic (exact) mass is 293 g/mol. The lowest BCUT2D eigenvalue weighted by atomic mass is 10.0. The number of nitrogens with zero attached hydrogens (tertiary/aromatic N) is 1. The zero-order chi connectivity index (χ0) is 15.6. The molecule has 0 saturated carbocycles. The summed E-state index contributed by atoms with van der Waals surface area (Å²) >= 11 is 0. The topological polar surface area (TPSA) is 65.1 Å². The Kier molecular flexibility index (Phi) is 4.06. The Morgan fingerprint density at radius 1 is 1.38 bits per heavy atom. The van der Waals surface area contributed by atoms with Crippen LogP contribution in [-0.4, -0.2) is 36.3 Å². The Morgan fingerprint density at radius 2 is 2.10 bits per heavy atom. The highest BCUT2D eigenvalue weighted by Gasteiger charge is 2.33. The maximum Gasteiger partial charge on any atom is 0.417 e. The number of carbonyl (C=O) groups is 2. The number of rotatable bonds is 3. The van der Waals surface area contributed by atoms with E-state index < -0.39 is 12.1 Å². The van der Waals surface area contributed by atoms with Crippen LogP contribution in [0.3, 0.4) is 0 Å². The van der Waals surface area contributed by atoms with Crippen molar-refractivity contribution in [1.29, 1.82) is 0 Å². The molecule has 6 heteroatoms. The molecule has 0 unspecified atom stereocenters. The lowest BCUT2D eigenvalue weighted by molar-refractivity contribution is -0.144. The van der Waals surface area contributed by atoms with Gasteiger partial charge in [0.05, 0.1) is 0 Å². The molecule has 1 aromatic rings. The van der Waals surface area contributed by atoms with Crippen molar-refractivity contribution in [3.63, 3.8) is 0 Å². The molecule has 0 aliphatic carbocycles. The van der Waals surface area contributed by atoms with Gasteiger partial charge in [-0.15, -0.1) is 0 Å². The molecular weight excluding hydrogens is 274 g/mol. The summed E-state index contributed by atoms with van der Waals surface area (Å²) in [5, 5.41) is 0. The third-order valence-electron chi connectivity index (χ3n) is 3.03. The molecule has 1 aromatic carbocycles. The van der Waals surface area contributed by atoms with E-state index in [1.165, 1.54) is 18.9 Å². The van der Waals surface area contributed by atoms with Gasteiger partial charge in [0.1, 0.15) is 5.60 Å². The SMILES string of the molecule is CC(=O)OCN(C)C(=O)Oc1cccc2c1OC(C)(C)C2. The molecule has 0 saturated heterocycles. The summed E-state index contributed by atoms with van der Waals surface area (Å²) in [6.45, 7) is 5.07. The Balaban J connectivity index is 2.06. The predicted molar refractivity (Wildman–Crippen MR) is 75.3 cm³/mol. The van der Waals surface area contributed by atoms with Gasteiger partial charge in [-0.1, -0.05) is 12.1 Å². The largest absolute Gasteiger partial charge is 0.483 e. The lowest BCUT2D eigenvalue weighted by Crippen LogP contribution is -2.32. The molecule has 1 aliphatic rings. The lowest BCUT2D eigenvalue weighted by Gasteiger charge is -2.19. The van der Waals surface area contributed by atoms with E-state index in [-0.39, 0.29) is 12.3 Å². The first kappa shape index (κ1) is 15.2. The van der Waals surface area contributed by atoms with Gasteiger partial charge < -0.3 is 14.2 Å². The zero-order valence-electron chi connectivity index (χ0n) is 12.6. The molecule has 0 N–H and O–H groups in total. The summed E-state index contributed by atoms with van der Waals surface area (Å²) in [4.78, 5) is 23.8. The molecule has 21 heavy (non-hydrogen) atoms. The van der Waals surface area contributed by atoms with Crippen molar-refractivity contribution in [2.75, 3.05) is 13.8 Å². The Labute approximate surface area is 123 Å². The van der Waals surface area contributed by atoms with Crippen LogP contribution in [-0.2, 0) is 16.0 Å². The minimum atomic E-state index is -0.613. The molecule has 0 atom stereocenters. The van der Waals surface area contributed by atoms with Crippen LogP contribution >= 0.6 is 0 Å². The van der Waals surface area contributed by atoms with Crippen LogP contribution in [0.2, 0.25) is 0 Å². The molecule has 1 aliphatic heterocycles. The van der Waals surface area contributed by atoms with Crippen LogP contribution in [0.25, 0.3) is 0 Å². The van der Waals surface area contributed by atoms with Gasteiger partial charge in [-0.25, -0.2) is 4.79 Å². The van der Waals surface area contributed by atoms with E-state index in [4.69, 9.17) is 14.2 Å². The second-order valence-corrected chi connectivity index (χ2v) is 5.61. The van der Waals surface area contributed by atoms with Crippen molar-refractivity contribution in [2.45, 2.75) is 32.8 Å². The van der Waals surface area contributed by atoms with Gasteiger partial charge >= 0.3 is 12.1 Å². The third kappa shape index (κ3) is 3.65. The fourth-order valence-electron chi connectivity index (χ4n) is 2.08. The summed E-state index contributed by atoms with van der Waals surface area (Å²) in [5.41, 5.74) is 0.696. The van der Waals surface area contributed by atoms with E-state index in [0.717, 1.165) is 12.0 Å². The molecule has 0 aromatic heterocycles. The quantitative estimate of drug-likeness (QED) is 0.632. The van der Waals surface area contributed by atoms with Crippen molar-refractivity contribution >= 4 is 12.1 Å². The van der Waals surface area contributed by atoms with Crippen molar-refractivity contribution in [1.82, 2.24) is 4.90 Å². The highest BCUT2D eigenvalue weighted by Crippen LogP contribution is 2.41. The molecule has 0 spiro atoms. The Morgan fingerprint density at radius 3 is 2.76 bits per heavy atom. The average molecular weight is 293 g/mol. The number of para-hydroxylation sites is 1. The van der Waals surface area contributed by atoms with Crippen LogP contribution in [0.4, 0.5) is 4.79 Å². The highest BCUT2D eigenvalue weighted by atomic mass is 16.6. The third-order valence-corrected chi connectivity index (χ3v) is 3.03. The smallest absolute Gasteiger partial charge is 0.417 e. The molecule has 0 fully saturated rings. The van der Waals surface area contributed by atoms with Gasteiger partial charge in [0, 0.05) is 26.0 Å². The van der Waals surface area contributed by atoms with E-state index >= 15 is 0 Å². The number of benzene rings is 1. The number of hydrogen-bond acceptors (Lipinski definition) is 5. The highest BCUT2D eigenvalue weighted by molar-refractivity contribution is 5.72. The van der Waals surface area contributed by atoms with Crippen molar-refractivity contribution in [2.24, 2.45) is 0 Å². The second-order valence-electron chi connectivity index (χ2n) is 5.61. The maximum absolute atomic E-state index is 11.9. The molecule has 1 heterocycles. The molecule has 114 valence electrons. The number of ether oxygens (including phenoxy) is 3. The predicted octanol–water partition coefficient (Wildman–Crippen LogP) is 2.35. The van der Waals surface area contributed by atoms with Crippen LogP contribution in [0, 0.1) is 0 Å². The molecule has 0 bridgehead atoms. The summed E-state index contributed by atoms with van der Waals surface area (Å²) in [7, 11) is 1.49. The number of hydrogen-bond donors (Lipinski definition) is 0. The molecule has 1 amide bonds. The summed E-state index contributed by atoms with van der Waals surface area (Å²) in [6, 6.07) is 5.44. The van der Waals surface area contributed by atoms with Crippen LogP contribution in [0.5, 0.6) is 11.5 Å². The maximum atomic E-state index is 11.9. The first-order valence-electron chi connectivity index (χ1n) is 6.66. The number of fused-ring (bicyclic) bond motifs is 1. The van der Waals surface area contributed by atoms with Crippen molar-refractivity contribution in [3.8, 4) is 11.5 Å². The Bertz CT molecular complexity index is 567. The second kappa shape index (κ2) is 5.63. The summed E-state index contributed by atoms with van der Waals surface area (Å²) in [5.74, 6) is 0.509. The van der Waals surface area contributed by atoms with Crippen LogP contribution < -0.4 is 9.47 Å². The fraction of sp³-hybridized carbons (Fsp3) is 0.467. The first-order chi connectivity index (χ1) is 9.78. The van der Waals surface area contributed by atoms with E-state index in [0.29, 0.717) is 11.5 Å². The molecular formula is C15H19NO5. The summed E-state index contributed by atoms with van der Waals surface area (Å²) < 4.78 is 15.9. The summed E-state index contributed by atoms with van der Waals surface area (Å²) in [6.07, 6.45) is 0.148. The number of esters is 1. The Hall–Kier alpha value is -2.24. The van der Waals surface area contributed by atoms with E-state index in [2.05, 4.69) is 0 Å². The van der Waals surface area contributed by atoms with Gasteiger partial charge in [0.15, 0.2) is 18.2 Å². The van der Waals surface area contributed by atoms with E-state index in [9.17, 15) is 9.59 Å². The van der Waals surface area contributed by atoms with E-state index in [1.807, 2.05) is 26.0 Å². The minimum Gasteiger partial charge on any atom is -0.483 e. The molecule has 6 nitrogen and oxygen atoms in total.